The number of ether oxygens (including phenoxy) is 1. The molecule has 1 aliphatic heterocycles. The van der Waals surface area contributed by atoms with E-state index in [9.17, 15) is 19.3 Å². The second kappa shape index (κ2) is 5.61. The monoisotopic (exact) mass is 318 g/mol. The van der Waals surface area contributed by atoms with Gasteiger partial charge in [-0.15, -0.1) is 0 Å². The number of aliphatic hydroxyl groups is 1. The zero-order chi connectivity index (χ0) is 15.8. The lowest BCUT2D eigenvalue weighted by Gasteiger charge is -2.32. The molecule has 0 saturated heterocycles. The summed E-state index contributed by atoms with van der Waals surface area (Å²) in [6, 6.07) is -0.673. The molecule has 9 nitrogen and oxygen atoms in total. The highest BCUT2D eigenvalue weighted by atomic mass is 31.2. The van der Waals surface area contributed by atoms with Gasteiger partial charge in [-0.3, -0.25) is 18.9 Å². The normalized spacial score (nSPS) is 22.6. The number of aliphatic hydroxyl groups excluding tert-OH is 1. The molecule has 1 aromatic heterocycles. The first kappa shape index (κ1) is 15.7. The van der Waals surface area contributed by atoms with Crippen LogP contribution in [0.5, 0.6) is 0 Å². The smallest absolute Gasteiger partial charge is 0.390 e. The summed E-state index contributed by atoms with van der Waals surface area (Å²) in [5.74, 6) is 0. The lowest BCUT2D eigenvalue weighted by atomic mass is 10.1. The number of rotatable bonds is 3. The van der Waals surface area contributed by atoms with Gasteiger partial charge in [0.15, 0.2) is 0 Å². The number of aryl methyl sites for hydroxylation is 1. The van der Waals surface area contributed by atoms with Crippen molar-refractivity contribution in [2.45, 2.75) is 25.5 Å². The number of hydrogen-bond donors (Lipinski definition) is 4. The van der Waals surface area contributed by atoms with Crippen LogP contribution in [0.2, 0.25) is 0 Å². The molecule has 0 radical (unpaired) electrons. The molecule has 0 aromatic carbocycles. The molecule has 10 heteroatoms. The van der Waals surface area contributed by atoms with Gasteiger partial charge in [-0.25, -0.2) is 4.79 Å². The van der Waals surface area contributed by atoms with Crippen LogP contribution in [0.3, 0.4) is 0 Å². The summed E-state index contributed by atoms with van der Waals surface area (Å²) in [5.41, 5.74) is -1.41. The molecule has 116 valence electrons. The molecule has 4 N–H and O–H groups in total. The van der Waals surface area contributed by atoms with Crippen LogP contribution in [0.1, 0.15) is 18.0 Å². The van der Waals surface area contributed by atoms with E-state index in [1.807, 2.05) is 0 Å². The zero-order valence-corrected chi connectivity index (χ0v) is 12.0. The van der Waals surface area contributed by atoms with Gasteiger partial charge in [-0.05, 0) is 19.4 Å². The molecule has 2 atom stereocenters. The third-order valence-corrected chi connectivity index (χ3v) is 4.07. The molecule has 2 rings (SSSR count). The molecule has 0 bridgehead atoms. The Balaban J connectivity index is 2.44. The minimum atomic E-state index is -4.56. The van der Waals surface area contributed by atoms with Crippen molar-refractivity contribution in [3.05, 3.63) is 44.2 Å². The largest absolute Gasteiger partial charge is 0.478 e. The molecular weight excluding hydrogens is 303 g/mol. The minimum absolute atomic E-state index is 0.0804. The van der Waals surface area contributed by atoms with E-state index in [0.29, 0.717) is 5.56 Å². The number of nitrogens with zero attached hydrogens (tertiary/aromatic N) is 1. The van der Waals surface area contributed by atoms with Crippen LogP contribution in [0.15, 0.2) is 27.4 Å². The Morgan fingerprint density at radius 2 is 2.14 bits per heavy atom. The molecule has 0 amide bonds. The van der Waals surface area contributed by atoms with E-state index in [0.717, 1.165) is 0 Å². The zero-order valence-electron chi connectivity index (χ0n) is 11.1. The fourth-order valence-electron chi connectivity index (χ4n) is 2.13. The summed E-state index contributed by atoms with van der Waals surface area (Å²) in [6.07, 6.45) is 1.59. The van der Waals surface area contributed by atoms with Gasteiger partial charge in [0.25, 0.3) is 5.56 Å². The molecular formula is C11H15N2O7P. The Morgan fingerprint density at radius 3 is 2.71 bits per heavy atom. The number of nitrogens with one attached hydrogen (secondary N) is 1. The van der Waals surface area contributed by atoms with Gasteiger partial charge in [-0.2, -0.15) is 0 Å². The van der Waals surface area contributed by atoms with Crippen LogP contribution in [0.4, 0.5) is 0 Å². The average Bonchev–Trinajstić information content (AvgIpc) is 2.41. The number of allylic oxidation sites excluding steroid dienone is 1. The summed E-state index contributed by atoms with van der Waals surface area (Å²) in [4.78, 5) is 43.4. The van der Waals surface area contributed by atoms with Crippen molar-refractivity contribution in [1.29, 1.82) is 0 Å². The number of aromatic nitrogens is 2. The fraction of sp³-hybridized carbons (Fsp3) is 0.455. The lowest BCUT2D eigenvalue weighted by molar-refractivity contribution is 0.0151. The Morgan fingerprint density at radius 1 is 1.48 bits per heavy atom. The van der Waals surface area contributed by atoms with Crippen molar-refractivity contribution in [2.24, 2.45) is 0 Å². The average molecular weight is 318 g/mol. The Labute approximate surface area is 118 Å². The maximum absolute atomic E-state index is 11.8. The van der Waals surface area contributed by atoms with Gasteiger partial charge in [0, 0.05) is 11.8 Å². The van der Waals surface area contributed by atoms with Crippen LogP contribution >= 0.6 is 7.60 Å². The van der Waals surface area contributed by atoms with Gasteiger partial charge in [-0.1, -0.05) is 0 Å². The quantitative estimate of drug-likeness (QED) is 0.534. The van der Waals surface area contributed by atoms with E-state index in [1.165, 1.54) is 23.8 Å². The Hall–Kier alpha value is -1.67. The molecule has 2 heterocycles. The molecule has 21 heavy (non-hydrogen) atoms. The van der Waals surface area contributed by atoms with E-state index in [-0.39, 0.29) is 6.42 Å². The second-order valence-electron chi connectivity index (χ2n) is 4.71. The molecule has 0 saturated carbocycles. The van der Waals surface area contributed by atoms with Crippen LogP contribution < -0.4 is 11.2 Å². The molecule has 1 aromatic rings. The van der Waals surface area contributed by atoms with E-state index in [4.69, 9.17) is 14.5 Å². The van der Waals surface area contributed by atoms with E-state index in [2.05, 4.69) is 4.98 Å². The van der Waals surface area contributed by atoms with Crippen molar-refractivity contribution >= 4 is 7.60 Å². The summed E-state index contributed by atoms with van der Waals surface area (Å²) in [5, 5.41) is 9.33. The molecule has 0 spiro atoms. The fourth-order valence-corrected chi connectivity index (χ4v) is 2.74. The second-order valence-corrected chi connectivity index (χ2v) is 6.24. The minimum Gasteiger partial charge on any atom is -0.478 e. The van der Waals surface area contributed by atoms with Crippen molar-refractivity contribution in [3.8, 4) is 0 Å². The third-order valence-electron chi connectivity index (χ3n) is 3.21. The number of aromatic amines is 1. The highest BCUT2D eigenvalue weighted by Gasteiger charge is 2.35. The summed E-state index contributed by atoms with van der Waals surface area (Å²) in [7, 11) is -4.56. The Bertz CT molecular complexity index is 729. The molecule has 0 fully saturated rings. The highest BCUT2D eigenvalue weighted by Crippen LogP contribution is 2.49. The predicted molar refractivity (Wildman–Crippen MR) is 71.8 cm³/mol. The van der Waals surface area contributed by atoms with E-state index >= 15 is 0 Å². The van der Waals surface area contributed by atoms with Crippen LogP contribution in [-0.2, 0) is 9.30 Å². The summed E-state index contributed by atoms with van der Waals surface area (Å²) >= 11 is 0. The highest BCUT2D eigenvalue weighted by molar-refractivity contribution is 7.56. The van der Waals surface area contributed by atoms with Crippen molar-refractivity contribution in [3.63, 3.8) is 0 Å². The van der Waals surface area contributed by atoms with Crippen molar-refractivity contribution in [1.82, 2.24) is 9.55 Å². The summed E-state index contributed by atoms with van der Waals surface area (Å²) < 4.78 is 17.4. The first-order valence-corrected chi connectivity index (χ1v) is 7.71. The van der Waals surface area contributed by atoms with Crippen molar-refractivity contribution < 1.29 is 24.2 Å². The lowest BCUT2D eigenvalue weighted by Crippen LogP contribution is -2.40. The van der Waals surface area contributed by atoms with Crippen LogP contribution in [0.25, 0.3) is 0 Å². The topological polar surface area (TPSA) is 142 Å². The van der Waals surface area contributed by atoms with Crippen LogP contribution in [-0.4, -0.2) is 37.2 Å². The first-order valence-electron chi connectivity index (χ1n) is 6.10. The van der Waals surface area contributed by atoms with E-state index < -0.39 is 43.1 Å². The van der Waals surface area contributed by atoms with Gasteiger partial charge in [0.2, 0.25) is 5.50 Å². The van der Waals surface area contributed by atoms with E-state index in [1.54, 1.807) is 0 Å². The predicted octanol–water partition coefficient (Wildman–Crippen LogP) is -0.814. The molecule has 1 aliphatic rings. The van der Waals surface area contributed by atoms with Crippen molar-refractivity contribution in [2.75, 3.05) is 6.61 Å². The van der Waals surface area contributed by atoms with Gasteiger partial charge in [0.05, 0.1) is 12.6 Å². The first-order chi connectivity index (χ1) is 9.74. The number of hydrogen-bond acceptors (Lipinski definition) is 5. The maximum Gasteiger partial charge on any atom is 0.390 e. The van der Waals surface area contributed by atoms with Gasteiger partial charge in [0.1, 0.15) is 6.10 Å². The standard InChI is InChI=1S/C11H15N2O7P/c1-6-4-13(11(16)12-10(6)15)7-2-3-9(21(17,18)19)20-8(7)5-14/h3-4,7-8,14H,2,5H2,1H3,(H,12,15,16)(H2,17,18,19)/t7-,8-/m1/s1. The molecule has 0 aliphatic carbocycles. The maximum atomic E-state index is 11.8. The van der Waals surface area contributed by atoms with Gasteiger partial charge >= 0.3 is 13.3 Å². The SMILES string of the molecule is Cc1cn([C@@H]2CC=C(P(=O)(O)O)O[C@@H]2CO)c(=O)[nH]c1=O. The van der Waals surface area contributed by atoms with Crippen LogP contribution in [0, 0.1) is 6.92 Å². The third kappa shape index (κ3) is 3.16. The summed E-state index contributed by atoms with van der Waals surface area (Å²) in [6.45, 7) is 0.982. The Kier molecular flexibility index (Phi) is 4.20. The molecule has 0 unspecified atom stereocenters. The number of H-pyrrole nitrogens is 1. The van der Waals surface area contributed by atoms with Gasteiger partial charge < -0.3 is 19.6 Å².